The molecule has 1 aromatic heterocycles. The van der Waals surface area contributed by atoms with Crippen LogP contribution >= 0.6 is 0 Å². The van der Waals surface area contributed by atoms with Crippen LogP contribution in [0.2, 0.25) is 0 Å². The molecule has 33 heavy (non-hydrogen) atoms. The second kappa shape index (κ2) is 9.68. The maximum Gasteiger partial charge on any atom is 0.239 e. The summed E-state index contributed by atoms with van der Waals surface area (Å²) < 4.78 is 50.0. The van der Waals surface area contributed by atoms with Crippen molar-refractivity contribution in [3.8, 4) is 57.3 Å². The summed E-state index contributed by atoms with van der Waals surface area (Å²) in [5.41, 5.74) is -0.0480. The van der Waals surface area contributed by atoms with E-state index in [-0.39, 0.29) is 51.2 Å². The number of methoxy groups -OCH3 is 8. The van der Waals surface area contributed by atoms with Crippen LogP contribution in [-0.4, -0.2) is 56.9 Å². The van der Waals surface area contributed by atoms with E-state index in [1.54, 1.807) is 12.1 Å². The van der Waals surface area contributed by atoms with Crippen molar-refractivity contribution in [1.82, 2.24) is 0 Å². The zero-order valence-corrected chi connectivity index (χ0v) is 19.7. The van der Waals surface area contributed by atoms with Crippen LogP contribution in [-0.2, 0) is 0 Å². The molecule has 178 valence electrons. The van der Waals surface area contributed by atoms with Gasteiger partial charge < -0.3 is 42.3 Å². The third-order valence-corrected chi connectivity index (χ3v) is 5.09. The van der Waals surface area contributed by atoms with Crippen LogP contribution in [0.4, 0.5) is 0 Å². The highest BCUT2D eigenvalue weighted by molar-refractivity contribution is 5.97. The van der Waals surface area contributed by atoms with Gasteiger partial charge in [-0.05, 0) is 12.1 Å². The van der Waals surface area contributed by atoms with Crippen molar-refractivity contribution in [3.05, 3.63) is 22.4 Å². The van der Waals surface area contributed by atoms with Crippen molar-refractivity contribution in [1.29, 1.82) is 0 Å². The standard InChI is InChI=1S/C23H26O10/c1-25-12-10-9-11(15(26-2)17(12)27-3)16-20(29-5)14(24)13-18(28-4)21(30-6)23(32-8)22(31-7)19(13)33-16/h9-10H,1-8H3. The number of hydrogen-bond donors (Lipinski definition) is 0. The van der Waals surface area contributed by atoms with Gasteiger partial charge in [0.15, 0.2) is 28.6 Å². The van der Waals surface area contributed by atoms with Crippen LogP contribution in [0.3, 0.4) is 0 Å². The topological polar surface area (TPSA) is 104 Å². The number of ether oxygens (including phenoxy) is 8. The molecule has 1 heterocycles. The summed E-state index contributed by atoms with van der Waals surface area (Å²) in [6.07, 6.45) is 0. The average molecular weight is 462 g/mol. The van der Waals surface area contributed by atoms with E-state index in [4.69, 9.17) is 42.3 Å². The largest absolute Gasteiger partial charge is 0.493 e. The molecule has 0 aliphatic rings. The van der Waals surface area contributed by atoms with E-state index in [9.17, 15) is 4.79 Å². The zero-order chi connectivity index (χ0) is 24.3. The molecule has 0 bridgehead atoms. The fraction of sp³-hybridized carbons (Fsp3) is 0.348. The molecule has 0 unspecified atom stereocenters. The van der Waals surface area contributed by atoms with Crippen LogP contribution in [0.25, 0.3) is 22.3 Å². The first-order valence-electron chi connectivity index (χ1n) is 9.67. The minimum Gasteiger partial charge on any atom is -0.493 e. The summed E-state index contributed by atoms with van der Waals surface area (Å²) in [6, 6.07) is 3.32. The normalized spacial score (nSPS) is 10.5. The van der Waals surface area contributed by atoms with Crippen LogP contribution in [0.1, 0.15) is 0 Å². The van der Waals surface area contributed by atoms with Crippen molar-refractivity contribution < 1.29 is 42.3 Å². The molecule has 10 nitrogen and oxygen atoms in total. The second-order valence-electron chi connectivity index (χ2n) is 6.51. The summed E-state index contributed by atoms with van der Waals surface area (Å²) in [7, 11) is 11.5. The summed E-state index contributed by atoms with van der Waals surface area (Å²) in [5, 5.41) is 0.0621. The first-order valence-corrected chi connectivity index (χ1v) is 9.67. The van der Waals surface area contributed by atoms with Crippen molar-refractivity contribution in [2.24, 2.45) is 0 Å². The van der Waals surface area contributed by atoms with Crippen molar-refractivity contribution >= 4 is 11.0 Å². The molecule has 0 saturated carbocycles. The molecular weight excluding hydrogens is 436 g/mol. The number of fused-ring (bicyclic) bond motifs is 1. The quantitative estimate of drug-likeness (QED) is 0.469. The molecule has 10 heteroatoms. The molecule has 0 aliphatic carbocycles. The van der Waals surface area contributed by atoms with Gasteiger partial charge in [-0.25, -0.2) is 0 Å². The van der Waals surface area contributed by atoms with Gasteiger partial charge in [-0.15, -0.1) is 0 Å². The summed E-state index contributed by atoms with van der Waals surface area (Å²) in [4.78, 5) is 13.6. The highest BCUT2D eigenvalue weighted by atomic mass is 16.6. The van der Waals surface area contributed by atoms with Gasteiger partial charge in [0.1, 0.15) is 5.39 Å². The molecule has 2 aromatic carbocycles. The van der Waals surface area contributed by atoms with Crippen LogP contribution in [0.15, 0.2) is 21.3 Å². The predicted molar refractivity (Wildman–Crippen MR) is 120 cm³/mol. The number of hydrogen-bond acceptors (Lipinski definition) is 10. The van der Waals surface area contributed by atoms with Gasteiger partial charge in [0, 0.05) is 0 Å². The Morgan fingerprint density at radius 2 is 1.06 bits per heavy atom. The summed E-state index contributed by atoms with van der Waals surface area (Å²) in [5.74, 6) is 1.67. The molecule has 0 fully saturated rings. The van der Waals surface area contributed by atoms with Gasteiger partial charge in [-0.1, -0.05) is 0 Å². The van der Waals surface area contributed by atoms with E-state index in [0.29, 0.717) is 17.1 Å². The lowest BCUT2D eigenvalue weighted by molar-refractivity contribution is 0.306. The Bertz CT molecular complexity index is 1230. The van der Waals surface area contributed by atoms with Gasteiger partial charge in [0.05, 0.1) is 62.4 Å². The molecule has 3 rings (SSSR count). The second-order valence-corrected chi connectivity index (χ2v) is 6.51. The monoisotopic (exact) mass is 462 g/mol. The Morgan fingerprint density at radius 1 is 0.545 bits per heavy atom. The lowest BCUT2D eigenvalue weighted by Crippen LogP contribution is -2.11. The van der Waals surface area contributed by atoms with Gasteiger partial charge in [0.25, 0.3) is 0 Å². The lowest BCUT2D eigenvalue weighted by Gasteiger charge is -2.20. The Morgan fingerprint density at radius 3 is 1.55 bits per heavy atom. The van der Waals surface area contributed by atoms with Crippen LogP contribution < -0.4 is 43.3 Å². The minimum atomic E-state index is -0.512. The van der Waals surface area contributed by atoms with Crippen LogP contribution in [0.5, 0.6) is 46.0 Å². The Kier molecular flexibility index (Phi) is 6.95. The fourth-order valence-electron chi connectivity index (χ4n) is 3.70. The summed E-state index contributed by atoms with van der Waals surface area (Å²) in [6.45, 7) is 0. The highest BCUT2D eigenvalue weighted by Gasteiger charge is 2.31. The zero-order valence-electron chi connectivity index (χ0n) is 19.7. The van der Waals surface area contributed by atoms with E-state index >= 15 is 0 Å². The maximum absolute atomic E-state index is 13.6. The lowest BCUT2D eigenvalue weighted by atomic mass is 10.1. The van der Waals surface area contributed by atoms with Crippen molar-refractivity contribution in [2.45, 2.75) is 0 Å². The molecular formula is C23H26O10. The molecule has 0 radical (unpaired) electrons. The minimum absolute atomic E-state index is 0.0621. The first-order chi connectivity index (χ1) is 16.0. The smallest absolute Gasteiger partial charge is 0.239 e. The Labute approximate surface area is 190 Å². The first kappa shape index (κ1) is 23.7. The van der Waals surface area contributed by atoms with Crippen molar-refractivity contribution in [3.63, 3.8) is 0 Å². The number of benzene rings is 2. The fourth-order valence-corrected chi connectivity index (χ4v) is 3.70. The van der Waals surface area contributed by atoms with E-state index in [0.717, 1.165) is 0 Å². The van der Waals surface area contributed by atoms with Crippen molar-refractivity contribution in [2.75, 3.05) is 56.9 Å². The molecule has 0 spiro atoms. The molecule has 0 aliphatic heterocycles. The molecule has 3 aromatic rings. The molecule has 0 N–H and O–H groups in total. The van der Waals surface area contributed by atoms with E-state index in [1.807, 2.05) is 0 Å². The Hall–Kier alpha value is -3.95. The number of rotatable bonds is 9. The summed E-state index contributed by atoms with van der Waals surface area (Å²) >= 11 is 0. The molecule has 0 atom stereocenters. The van der Waals surface area contributed by atoms with Gasteiger partial charge in [-0.3, -0.25) is 4.79 Å². The molecule has 0 amide bonds. The van der Waals surface area contributed by atoms with Gasteiger partial charge in [-0.2, -0.15) is 0 Å². The van der Waals surface area contributed by atoms with E-state index in [1.165, 1.54) is 56.9 Å². The predicted octanol–water partition coefficient (Wildman–Crippen LogP) is 3.53. The van der Waals surface area contributed by atoms with Crippen LogP contribution in [0, 0.1) is 0 Å². The highest BCUT2D eigenvalue weighted by Crippen LogP contribution is 2.53. The average Bonchev–Trinajstić information content (AvgIpc) is 2.85. The third kappa shape index (κ3) is 3.57. The third-order valence-electron chi connectivity index (χ3n) is 5.09. The molecule has 0 saturated heterocycles. The van der Waals surface area contributed by atoms with Gasteiger partial charge in [0.2, 0.25) is 34.2 Å². The SMILES string of the molecule is COc1ccc(-c2oc3c(OC)c(OC)c(OC)c(OC)c3c(=O)c2OC)c(OC)c1OC. The van der Waals surface area contributed by atoms with E-state index in [2.05, 4.69) is 0 Å². The Balaban J connectivity index is 2.57. The maximum atomic E-state index is 13.6. The van der Waals surface area contributed by atoms with Gasteiger partial charge >= 0.3 is 0 Å². The van der Waals surface area contributed by atoms with E-state index < -0.39 is 5.43 Å².